The Kier molecular flexibility index (Phi) is 3.98. The molecule has 0 unspecified atom stereocenters. The van der Waals surface area contributed by atoms with E-state index in [0.717, 1.165) is 46.8 Å². The second-order valence-electron chi connectivity index (χ2n) is 7.16. The number of nitrogens with zero attached hydrogens (tertiary/aromatic N) is 5. The molecule has 26 heavy (non-hydrogen) atoms. The summed E-state index contributed by atoms with van der Waals surface area (Å²) in [5.74, 6) is 0.0518. The number of aryl methyl sites for hydroxylation is 4. The minimum atomic E-state index is 0.0518. The van der Waals surface area contributed by atoms with Crippen LogP contribution in [0.3, 0.4) is 0 Å². The van der Waals surface area contributed by atoms with Gasteiger partial charge in [-0.25, -0.2) is 9.97 Å². The maximum absolute atomic E-state index is 13.0. The van der Waals surface area contributed by atoms with Crippen molar-refractivity contribution < 1.29 is 4.79 Å². The summed E-state index contributed by atoms with van der Waals surface area (Å²) in [7, 11) is 0. The molecule has 1 fully saturated rings. The van der Waals surface area contributed by atoms with E-state index in [9.17, 15) is 4.79 Å². The Bertz CT molecular complexity index is 1010. The molecule has 0 spiro atoms. The van der Waals surface area contributed by atoms with E-state index in [2.05, 4.69) is 32.7 Å². The molecule has 0 bridgehead atoms. The van der Waals surface area contributed by atoms with Crippen LogP contribution in [0.25, 0.3) is 11.0 Å². The fourth-order valence-corrected chi connectivity index (χ4v) is 3.69. The van der Waals surface area contributed by atoms with Crippen LogP contribution in [0.5, 0.6) is 0 Å². The number of amides is 1. The molecule has 1 aliphatic rings. The van der Waals surface area contributed by atoms with Crippen LogP contribution in [0, 0.1) is 27.7 Å². The normalized spacial score (nSPS) is 17.2. The van der Waals surface area contributed by atoms with Gasteiger partial charge >= 0.3 is 0 Å². The van der Waals surface area contributed by atoms with Gasteiger partial charge in [-0.15, -0.1) is 0 Å². The molecular weight excluding hydrogens is 326 g/mol. The molecule has 1 aromatic carbocycles. The van der Waals surface area contributed by atoms with E-state index in [-0.39, 0.29) is 11.9 Å². The average molecular weight is 349 g/mol. The zero-order valence-electron chi connectivity index (χ0n) is 15.7. The number of aromatic nitrogens is 4. The van der Waals surface area contributed by atoms with Crippen LogP contribution in [-0.4, -0.2) is 43.6 Å². The summed E-state index contributed by atoms with van der Waals surface area (Å²) in [6.45, 7) is 9.40. The van der Waals surface area contributed by atoms with Gasteiger partial charge < -0.3 is 4.90 Å². The molecule has 134 valence electrons. The van der Waals surface area contributed by atoms with Gasteiger partial charge in [0.25, 0.3) is 5.91 Å². The van der Waals surface area contributed by atoms with Gasteiger partial charge in [-0.1, -0.05) is 0 Å². The smallest absolute Gasteiger partial charge is 0.254 e. The molecule has 4 rings (SSSR count). The Morgan fingerprint density at radius 2 is 1.77 bits per heavy atom. The van der Waals surface area contributed by atoms with Crippen molar-refractivity contribution in [1.82, 2.24) is 24.6 Å². The maximum Gasteiger partial charge on any atom is 0.254 e. The number of rotatable bonds is 2. The van der Waals surface area contributed by atoms with Crippen molar-refractivity contribution in [3.8, 4) is 0 Å². The lowest BCUT2D eigenvalue weighted by atomic mass is 10.1. The lowest BCUT2D eigenvalue weighted by molar-refractivity contribution is 0.0787. The van der Waals surface area contributed by atoms with Gasteiger partial charge in [0.15, 0.2) is 0 Å². The van der Waals surface area contributed by atoms with E-state index in [1.807, 2.05) is 43.9 Å². The number of hydrogen-bond acceptors (Lipinski definition) is 4. The molecular formula is C20H23N5O. The third kappa shape index (κ3) is 2.85. The van der Waals surface area contributed by atoms with Crippen LogP contribution in [-0.2, 0) is 0 Å². The van der Waals surface area contributed by atoms with Crippen LogP contribution < -0.4 is 0 Å². The van der Waals surface area contributed by atoms with Crippen molar-refractivity contribution in [2.75, 3.05) is 13.1 Å². The Morgan fingerprint density at radius 1 is 1.04 bits per heavy atom. The van der Waals surface area contributed by atoms with Crippen LogP contribution in [0.15, 0.2) is 24.3 Å². The summed E-state index contributed by atoms with van der Waals surface area (Å²) in [5, 5.41) is 4.58. The van der Waals surface area contributed by atoms with Gasteiger partial charge in [0.1, 0.15) is 0 Å². The second kappa shape index (κ2) is 6.20. The SMILES string of the molecule is Cc1cc(C)n([C@@H]2CCN(C(=O)c3ccc4nc(C)c(C)nc4c3)C2)n1. The highest BCUT2D eigenvalue weighted by molar-refractivity contribution is 5.97. The minimum absolute atomic E-state index is 0.0518. The molecule has 1 saturated heterocycles. The molecule has 2 aromatic heterocycles. The first-order valence-corrected chi connectivity index (χ1v) is 8.99. The summed E-state index contributed by atoms with van der Waals surface area (Å²) in [6, 6.07) is 7.92. The molecule has 1 atom stereocenters. The molecule has 3 heterocycles. The lowest BCUT2D eigenvalue weighted by Gasteiger charge is -2.17. The van der Waals surface area contributed by atoms with Gasteiger partial charge in [-0.2, -0.15) is 5.10 Å². The Hall–Kier alpha value is -2.76. The predicted octanol–water partition coefficient (Wildman–Crippen LogP) is 3.15. The lowest BCUT2D eigenvalue weighted by Crippen LogP contribution is -2.29. The topological polar surface area (TPSA) is 63.9 Å². The van der Waals surface area contributed by atoms with Gasteiger partial charge in [0.05, 0.1) is 34.2 Å². The molecule has 0 radical (unpaired) electrons. The van der Waals surface area contributed by atoms with Gasteiger partial charge in [0.2, 0.25) is 0 Å². The van der Waals surface area contributed by atoms with E-state index < -0.39 is 0 Å². The summed E-state index contributed by atoms with van der Waals surface area (Å²) < 4.78 is 2.06. The van der Waals surface area contributed by atoms with Crippen molar-refractivity contribution in [3.05, 3.63) is 52.6 Å². The van der Waals surface area contributed by atoms with Crippen LogP contribution in [0.4, 0.5) is 0 Å². The Labute approximate surface area is 152 Å². The molecule has 1 aliphatic heterocycles. The third-order valence-electron chi connectivity index (χ3n) is 5.16. The Morgan fingerprint density at radius 3 is 2.46 bits per heavy atom. The summed E-state index contributed by atoms with van der Waals surface area (Å²) in [6.07, 6.45) is 0.930. The monoisotopic (exact) mass is 349 g/mol. The van der Waals surface area contributed by atoms with Gasteiger partial charge in [-0.05, 0) is 58.4 Å². The largest absolute Gasteiger partial charge is 0.336 e. The number of benzene rings is 1. The summed E-state index contributed by atoms with van der Waals surface area (Å²) >= 11 is 0. The van der Waals surface area contributed by atoms with E-state index in [0.29, 0.717) is 12.1 Å². The van der Waals surface area contributed by atoms with Crippen molar-refractivity contribution in [2.24, 2.45) is 0 Å². The fourth-order valence-electron chi connectivity index (χ4n) is 3.69. The molecule has 1 amide bonds. The van der Waals surface area contributed by atoms with E-state index in [1.165, 1.54) is 0 Å². The summed E-state index contributed by atoms with van der Waals surface area (Å²) in [4.78, 5) is 24.0. The number of likely N-dealkylation sites (tertiary alicyclic amines) is 1. The van der Waals surface area contributed by atoms with Crippen molar-refractivity contribution >= 4 is 16.9 Å². The van der Waals surface area contributed by atoms with E-state index >= 15 is 0 Å². The zero-order valence-corrected chi connectivity index (χ0v) is 15.7. The predicted molar refractivity (Wildman–Crippen MR) is 100 cm³/mol. The maximum atomic E-state index is 13.0. The van der Waals surface area contributed by atoms with Crippen molar-refractivity contribution in [1.29, 1.82) is 0 Å². The molecule has 6 nitrogen and oxygen atoms in total. The van der Waals surface area contributed by atoms with Crippen LogP contribution in [0.1, 0.15) is 45.6 Å². The number of carbonyl (C=O) groups excluding carboxylic acids is 1. The Balaban J connectivity index is 1.57. The minimum Gasteiger partial charge on any atom is -0.336 e. The first-order chi connectivity index (χ1) is 12.4. The molecule has 0 saturated carbocycles. The number of fused-ring (bicyclic) bond motifs is 1. The van der Waals surface area contributed by atoms with E-state index in [4.69, 9.17) is 0 Å². The highest BCUT2D eigenvalue weighted by atomic mass is 16.2. The quantitative estimate of drug-likeness (QED) is 0.713. The third-order valence-corrected chi connectivity index (χ3v) is 5.16. The first-order valence-electron chi connectivity index (χ1n) is 8.99. The number of hydrogen-bond donors (Lipinski definition) is 0. The van der Waals surface area contributed by atoms with Crippen LogP contribution in [0.2, 0.25) is 0 Å². The highest BCUT2D eigenvalue weighted by Gasteiger charge is 2.29. The van der Waals surface area contributed by atoms with E-state index in [1.54, 1.807) is 0 Å². The first kappa shape index (κ1) is 16.7. The number of carbonyl (C=O) groups is 1. The zero-order chi connectivity index (χ0) is 18.4. The molecule has 6 heteroatoms. The summed E-state index contributed by atoms with van der Waals surface area (Å²) in [5.41, 5.74) is 6.25. The molecule has 0 N–H and O–H groups in total. The highest BCUT2D eigenvalue weighted by Crippen LogP contribution is 2.25. The molecule has 0 aliphatic carbocycles. The average Bonchev–Trinajstić information content (AvgIpc) is 3.21. The standard InChI is InChI=1S/C20H23N5O/c1-12-9-13(2)25(23-12)17-7-8-24(11-17)20(26)16-5-6-18-19(10-16)22-15(4)14(3)21-18/h5-6,9-10,17H,7-8,11H2,1-4H3/t17-/m1/s1. The second-order valence-corrected chi connectivity index (χ2v) is 7.16. The van der Waals surface area contributed by atoms with Crippen LogP contribution >= 0.6 is 0 Å². The van der Waals surface area contributed by atoms with Crippen molar-refractivity contribution in [2.45, 2.75) is 40.2 Å². The fraction of sp³-hybridized carbons (Fsp3) is 0.400. The van der Waals surface area contributed by atoms with Crippen molar-refractivity contribution in [3.63, 3.8) is 0 Å². The molecule has 3 aromatic rings. The van der Waals surface area contributed by atoms with Gasteiger partial charge in [0, 0.05) is 24.3 Å². The van der Waals surface area contributed by atoms with Gasteiger partial charge in [-0.3, -0.25) is 9.48 Å².